The van der Waals surface area contributed by atoms with Gasteiger partial charge in [-0.25, -0.2) is 0 Å². The first-order valence-electron chi connectivity index (χ1n) is 8.32. The highest BCUT2D eigenvalue weighted by molar-refractivity contribution is 14.0. The van der Waals surface area contributed by atoms with Crippen LogP contribution in [0.3, 0.4) is 0 Å². The van der Waals surface area contributed by atoms with E-state index in [-0.39, 0.29) is 29.9 Å². The molecule has 0 fully saturated rings. The fraction of sp³-hybridized carbons (Fsp3) is 0.556. The second kappa shape index (κ2) is 13.0. The van der Waals surface area contributed by atoms with Crippen molar-refractivity contribution in [2.45, 2.75) is 52.9 Å². The second-order valence-electron chi connectivity index (χ2n) is 5.66. The summed E-state index contributed by atoms with van der Waals surface area (Å²) in [5.41, 5.74) is 9.33. The van der Waals surface area contributed by atoms with Crippen molar-refractivity contribution in [1.29, 1.82) is 0 Å². The molecule has 0 aromatic heterocycles. The Balaban J connectivity index is 0.00000529. The van der Waals surface area contributed by atoms with Crippen LogP contribution in [0.1, 0.15) is 50.2 Å². The highest BCUT2D eigenvalue weighted by Crippen LogP contribution is 2.13. The van der Waals surface area contributed by atoms with Crippen molar-refractivity contribution in [2.24, 2.45) is 10.7 Å². The third kappa shape index (κ3) is 9.75. The molecule has 0 spiro atoms. The zero-order valence-electron chi connectivity index (χ0n) is 14.9. The predicted octanol–water partition coefficient (Wildman–Crippen LogP) is 4.16. The van der Waals surface area contributed by atoms with Gasteiger partial charge in [-0.2, -0.15) is 0 Å². The molecule has 0 saturated carbocycles. The van der Waals surface area contributed by atoms with Crippen LogP contribution < -0.4 is 11.1 Å². The molecule has 136 valence electrons. The first-order chi connectivity index (χ1) is 11.0. The number of unbranched alkanes of at least 4 members (excludes halogenated alkanes) is 3. The third-order valence-corrected chi connectivity index (χ3v) is 3.66. The van der Waals surface area contributed by atoms with Gasteiger partial charge in [0.05, 0.1) is 6.61 Å². The van der Waals surface area contributed by atoms with Crippen molar-refractivity contribution in [3.8, 4) is 0 Å². The summed E-state index contributed by atoms with van der Waals surface area (Å²) >= 11 is 0. The van der Waals surface area contributed by atoms with E-state index in [1.807, 2.05) is 13.0 Å². The lowest BCUT2D eigenvalue weighted by Crippen LogP contribution is -2.22. The van der Waals surface area contributed by atoms with Gasteiger partial charge in [-0.15, -0.1) is 24.0 Å². The highest BCUT2D eigenvalue weighted by atomic mass is 127. The van der Waals surface area contributed by atoms with Crippen LogP contribution in [0.5, 0.6) is 0 Å². The lowest BCUT2D eigenvalue weighted by atomic mass is 10.1. The molecule has 1 rings (SSSR count). The van der Waals surface area contributed by atoms with Crippen LogP contribution in [-0.4, -0.2) is 25.1 Å². The zero-order valence-corrected chi connectivity index (χ0v) is 17.3. The largest absolute Gasteiger partial charge is 0.466 e. The van der Waals surface area contributed by atoms with E-state index in [2.05, 4.69) is 36.3 Å². The third-order valence-electron chi connectivity index (χ3n) is 3.66. The topological polar surface area (TPSA) is 76.7 Å². The van der Waals surface area contributed by atoms with Crippen LogP contribution in [0.25, 0.3) is 0 Å². The minimum Gasteiger partial charge on any atom is -0.466 e. The highest BCUT2D eigenvalue weighted by Gasteiger charge is 2.01. The second-order valence-corrected chi connectivity index (χ2v) is 5.66. The lowest BCUT2D eigenvalue weighted by Gasteiger charge is -2.08. The Hall–Kier alpha value is -1.31. The summed E-state index contributed by atoms with van der Waals surface area (Å²) in [6, 6.07) is 6.13. The summed E-state index contributed by atoms with van der Waals surface area (Å²) < 4.78 is 4.89. The standard InChI is InChI=1S/C18H29N3O2.HI/c1-4-23-17(22)9-7-5-6-8-12-20-18(19)21-16-11-10-14(2)15(3)13-16;/h10-11,13H,4-9,12H2,1-3H3,(H3,19,20,21);1H. The van der Waals surface area contributed by atoms with Crippen LogP contribution >= 0.6 is 24.0 Å². The number of benzene rings is 1. The Morgan fingerprint density at radius 3 is 2.54 bits per heavy atom. The maximum absolute atomic E-state index is 11.2. The fourth-order valence-corrected chi connectivity index (χ4v) is 2.17. The summed E-state index contributed by atoms with van der Waals surface area (Å²) in [5.74, 6) is 0.340. The van der Waals surface area contributed by atoms with Crippen LogP contribution in [0.15, 0.2) is 23.2 Å². The SMILES string of the molecule is CCOC(=O)CCCCCCN=C(N)Nc1ccc(C)c(C)c1.I. The number of aliphatic imine (C=N–C) groups is 1. The number of hydrogen-bond acceptors (Lipinski definition) is 3. The van der Waals surface area contributed by atoms with E-state index in [0.717, 1.165) is 31.4 Å². The number of esters is 1. The predicted molar refractivity (Wildman–Crippen MR) is 111 cm³/mol. The van der Waals surface area contributed by atoms with Crippen molar-refractivity contribution in [1.82, 2.24) is 0 Å². The summed E-state index contributed by atoms with van der Waals surface area (Å²) in [6.45, 7) is 7.14. The average Bonchev–Trinajstić information content (AvgIpc) is 2.50. The number of halogens is 1. The zero-order chi connectivity index (χ0) is 17.1. The molecule has 0 aliphatic heterocycles. The van der Waals surface area contributed by atoms with Gasteiger partial charge in [0.15, 0.2) is 5.96 Å². The first-order valence-corrected chi connectivity index (χ1v) is 8.32. The molecule has 0 atom stereocenters. The van der Waals surface area contributed by atoms with E-state index in [9.17, 15) is 4.79 Å². The van der Waals surface area contributed by atoms with Crippen LogP contribution in [0.2, 0.25) is 0 Å². The molecule has 24 heavy (non-hydrogen) atoms. The van der Waals surface area contributed by atoms with E-state index in [0.29, 0.717) is 25.5 Å². The van der Waals surface area contributed by atoms with E-state index >= 15 is 0 Å². The molecule has 0 aliphatic carbocycles. The maximum Gasteiger partial charge on any atom is 0.305 e. The number of hydrogen-bond donors (Lipinski definition) is 2. The summed E-state index contributed by atoms with van der Waals surface area (Å²) in [6.07, 6.45) is 4.41. The molecule has 1 aromatic carbocycles. The van der Waals surface area contributed by atoms with Crippen molar-refractivity contribution < 1.29 is 9.53 Å². The van der Waals surface area contributed by atoms with Crippen molar-refractivity contribution >= 4 is 41.6 Å². The molecule has 0 radical (unpaired) electrons. The summed E-state index contributed by atoms with van der Waals surface area (Å²) in [5, 5.41) is 3.11. The first kappa shape index (κ1) is 22.7. The van der Waals surface area contributed by atoms with Crippen molar-refractivity contribution in [3.05, 3.63) is 29.3 Å². The van der Waals surface area contributed by atoms with E-state index in [1.54, 1.807) is 0 Å². The summed E-state index contributed by atoms with van der Waals surface area (Å²) in [7, 11) is 0. The molecule has 0 aliphatic rings. The Kier molecular flexibility index (Phi) is 12.3. The lowest BCUT2D eigenvalue weighted by molar-refractivity contribution is -0.143. The van der Waals surface area contributed by atoms with Gasteiger partial charge < -0.3 is 15.8 Å². The molecule has 5 nitrogen and oxygen atoms in total. The number of guanidine groups is 1. The Bertz CT molecular complexity index is 533. The number of nitrogens with one attached hydrogen (secondary N) is 1. The molecule has 1 aromatic rings. The Labute approximate surface area is 162 Å². The Morgan fingerprint density at radius 2 is 1.88 bits per heavy atom. The average molecular weight is 447 g/mol. The smallest absolute Gasteiger partial charge is 0.305 e. The molecular formula is C18H30IN3O2. The quantitative estimate of drug-likeness (QED) is 0.196. The van der Waals surface area contributed by atoms with Crippen LogP contribution in [0.4, 0.5) is 5.69 Å². The van der Waals surface area contributed by atoms with Crippen molar-refractivity contribution in [3.63, 3.8) is 0 Å². The minimum atomic E-state index is -0.104. The van der Waals surface area contributed by atoms with Gasteiger partial charge in [0, 0.05) is 18.7 Å². The number of aryl methyl sites for hydroxylation is 2. The number of rotatable bonds is 9. The summed E-state index contributed by atoms with van der Waals surface area (Å²) in [4.78, 5) is 15.5. The normalized spacial score (nSPS) is 10.9. The molecule has 0 amide bonds. The van der Waals surface area contributed by atoms with E-state index in [1.165, 1.54) is 11.1 Å². The van der Waals surface area contributed by atoms with Gasteiger partial charge in [0.25, 0.3) is 0 Å². The molecule has 0 heterocycles. The number of carbonyl (C=O) groups is 1. The van der Waals surface area contributed by atoms with Gasteiger partial charge in [-0.05, 0) is 56.9 Å². The van der Waals surface area contributed by atoms with Gasteiger partial charge in [0.2, 0.25) is 0 Å². The minimum absolute atomic E-state index is 0. The fourth-order valence-electron chi connectivity index (χ4n) is 2.17. The number of anilines is 1. The molecule has 3 N–H and O–H groups in total. The van der Waals surface area contributed by atoms with Crippen LogP contribution in [-0.2, 0) is 9.53 Å². The number of nitrogens with two attached hydrogens (primary N) is 1. The van der Waals surface area contributed by atoms with E-state index < -0.39 is 0 Å². The van der Waals surface area contributed by atoms with Gasteiger partial charge >= 0.3 is 5.97 Å². The van der Waals surface area contributed by atoms with Crippen molar-refractivity contribution in [2.75, 3.05) is 18.5 Å². The number of carbonyl (C=O) groups excluding carboxylic acids is 1. The van der Waals surface area contributed by atoms with Gasteiger partial charge in [-0.3, -0.25) is 9.79 Å². The molecule has 0 bridgehead atoms. The van der Waals surface area contributed by atoms with Gasteiger partial charge in [-0.1, -0.05) is 18.9 Å². The maximum atomic E-state index is 11.2. The molecule has 0 unspecified atom stereocenters. The number of nitrogens with zero attached hydrogens (tertiary/aromatic N) is 1. The van der Waals surface area contributed by atoms with Gasteiger partial charge in [0.1, 0.15) is 0 Å². The monoisotopic (exact) mass is 447 g/mol. The molecule has 6 heteroatoms. The molecule has 0 saturated heterocycles. The van der Waals surface area contributed by atoms with Crippen LogP contribution in [0, 0.1) is 13.8 Å². The number of ether oxygens (including phenoxy) is 1. The molecular weight excluding hydrogens is 417 g/mol. The van der Waals surface area contributed by atoms with E-state index in [4.69, 9.17) is 10.5 Å². The Morgan fingerprint density at radius 1 is 1.17 bits per heavy atom.